The maximum Gasteiger partial charge on any atom is 0.340 e. The monoisotopic (exact) mass is 267 g/mol. The zero-order valence-electron chi connectivity index (χ0n) is 6.54. The molecule has 0 radical (unpaired) electrons. The number of alkyl halides is 2. The fraction of sp³-hybridized carbons (Fsp3) is 0.143. The minimum Gasteiger partial charge on any atom is -0.505 e. The average molecular weight is 268 g/mol. The van der Waals surface area contributed by atoms with Gasteiger partial charge in [-0.25, -0.2) is 18.6 Å². The molecule has 0 fully saturated rings. The maximum absolute atomic E-state index is 12.4. The number of carbonyl (C=O) groups is 1. The van der Waals surface area contributed by atoms with Crippen molar-refractivity contribution in [1.82, 2.24) is 4.98 Å². The van der Waals surface area contributed by atoms with Crippen LogP contribution in [0.25, 0.3) is 0 Å². The van der Waals surface area contributed by atoms with Crippen molar-refractivity contribution < 1.29 is 23.8 Å². The van der Waals surface area contributed by atoms with Gasteiger partial charge in [-0.3, -0.25) is 0 Å². The molecular weight excluding hydrogens is 264 g/mol. The van der Waals surface area contributed by atoms with Crippen molar-refractivity contribution in [2.24, 2.45) is 0 Å². The molecule has 1 rings (SSSR count). The van der Waals surface area contributed by atoms with Gasteiger partial charge in [-0.1, -0.05) is 0 Å². The lowest BCUT2D eigenvalue weighted by Gasteiger charge is -2.07. The Balaban J connectivity index is 3.50. The van der Waals surface area contributed by atoms with E-state index < -0.39 is 29.3 Å². The molecule has 0 aromatic carbocycles. The first-order valence-electron chi connectivity index (χ1n) is 3.34. The first-order valence-corrected chi connectivity index (χ1v) is 4.13. The molecule has 4 nitrogen and oxygen atoms in total. The number of hydrogen-bond acceptors (Lipinski definition) is 3. The molecule has 76 valence electrons. The molecule has 0 saturated carbocycles. The molecular formula is C7H4BrF2NO3. The lowest BCUT2D eigenvalue weighted by Crippen LogP contribution is -2.05. The van der Waals surface area contributed by atoms with Gasteiger partial charge in [0, 0.05) is 0 Å². The quantitative estimate of drug-likeness (QED) is 0.806. The van der Waals surface area contributed by atoms with E-state index in [1.165, 1.54) is 0 Å². The molecule has 0 aliphatic rings. The van der Waals surface area contributed by atoms with E-state index in [1.54, 1.807) is 0 Å². The van der Waals surface area contributed by atoms with Gasteiger partial charge >= 0.3 is 5.97 Å². The first-order chi connectivity index (χ1) is 6.45. The van der Waals surface area contributed by atoms with Gasteiger partial charge in [-0.2, -0.15) is 0 Å². The van der Waals surface area contributed by atoms with Crippen LogP contribution in [0, 0.1) is 0 Å². The molecule has 0 aliphatic carbocycles. The Morgan fingerprint density at radius 2 is 2.14 bits per heavy atom. The molecule has 0 spiro atoms. The van der Waals surface area contributed by atoms with Crippen molar-refractivity contribution in [2.75, 3.05) is 0 Å². The highest BCUT2D eigenvalue weighted by atomic mass is 79.9. The van der Waals surface area contributed by atoms with E-state index in [1.807, 2.05) is 0 Å². The highest BCUT2D eigenvalue weighted by Gasteiger charge is 2.25. The van der Waals surface area contributed by atoms with Crippen molar-refractivity contribution >= 4 is 21.9 Å². The fourth-order valence-electron chi connectivity index (χ4n) is 0.917. The number of hydrogen-bond donors (Lipinski definition) is 2. The Bertz CT molecular complexity index is 383. The van der Waals surface area contributed by atoms with Crippen LogP contribution in [0.3, 0.4) is 0 Å². The molecule has 0 atom stereocenters. The van der Waals surface area contributed by atoms with Gasteiger partial charge in [0.05, 0.1) is 11.8 Å². The van der Waals surface area contributed by atoms with Crippen molar-refractivity contribution in [3.8, 4) is 5.75 Å². The Kier molecular flexibility index (Phi) is 3.00. The van der Waals surface area contributed by atoms with Crippen LogP contribution in [0.1, 0.15) is 22.3 Å². The second kappa shape index (κ2) is 3.87. The Labute approximate surface area is 85.3 Å². The molecule has 1 heterocycles. The van der Waals surface area contributed by atoms with Crippen molar-refractivity contribution in [3.05, 3.63) is 21.9 Å². The summed E-state index contributed by atoms with van der Waals surface area (Å²) in [7, 11) is 0. The van der Waals surface area contributed by atoms with E-state index in [0.29, 0.717) is 0 Å². The number of carboxylic acids is 1. The molecule has 7 heteroatoms. The van der Waals surface area contributed by atoms with Gasteiger partial charge in [0.25, 0.3) is 6.43 Å². The van der Waals surface area contributed by atoms with Crippen molar-refractivity contribution in [1.29, 1.82) is 0 Å². The van der Waals surface area contributed by atoms with E-state index >= 15 is 0 Å². The molecule has 2 N–H and O–H groups in total. The van der Waals surface area contributed by atoms with Gasteiger partial charge < -0.3 is 10.2 Å². The van der Waals surface area contributed by atoms with Crippen LogP contribution in [0.5, 0.6) is 5.75 Å². The van der Waals surface area contributed by atoms with Crippen LogP contribution in [-0.4, -0.2) is 21.2 Å². The van der Waals surface area contributed by atoms with E-state index in [2.05, 4.69) is 20.9 Å². The number of carboxylic acid groups (broad SMARTS) is 1. The van der Waals surface area contributed by atoms with E-state index in [0.717, 1.165) is 6.20 Å². The summed E-state index contributed by atoms with van der Waals surface area (Å²) in [4.78, 5) is 13.9. The Morgan fingerprint density at radius 3 is 2.50 bits per heavy atom. The third-order valence-electron chi connectivity index (χ3n) is 1.48. The zero-order valence-corrected chi connectivity index (χ0v) is 8.12. The number of aromatic hydroxyl groups is 1. The lowest BCUT2D eigenvalue weighted by atomic mass is 10.1. The van der Waals surface area contributed by atoms with Crippen LogP contribution in [0.2, 0.25) is 0 Å². The van der Waals surface area contributed by atoms with Crippen LogP contribution in [-0.2, 0) is 0 Å². The minimum absolute atomic E-state index is 0.289. The molecule has 0 bridgehead atoms. The van der Waals surface area contributed by atoms with E-state index in [9.17, 15) is 13.6 Å². The summed E-state index contributed by atoms with van der Waals surface area (Å²) in [6.07, 6.45) is -2.23. The third kappa shape index (κ3) is 1.82. The van der Waals surface area contributed by atoms with Crippen LogP contribution >= 0.6 is 15.9 Å². The second-order valence-electron chi connectivity index (χ2n) is 2.33. The number of pyridine rings is 1. The largest absolute Gasteiger partial charge is 0.505 e. The topological polar surface area (TPSA) is 70.4 Å². The first kappa shape index (κ1) is 10.8. The number of aromatic carboxylic acids is 1. The third-order valence-corrected chi connectivity index (χ3v) is 2.11. The summed E-state index contributed by atoms with van der Waals surface area (Å²) >= 11 is 2.68. The highest BCUT2D eigenvalue weighted by molar-refractivity contribution is 9.10. The number of aromatic nitrogens is 1. The zero-order chi connectivity index (χ0) is 10.9. The van der Waals surface area contributed by atoms with E-state index in [-0.39, 0.29) is 4.60 Å². The van der Waals surface area contributed by atoms with Crippen LogP contribution < -0.4 is 0 Å². The summed E-state index contributed by atoms with van der Waals surface area (Å²) in [5.74, 6) is -2.41. The maximum atomic E-state index is 12.4. The Morgan fingerprint density at radius 1 is 1.57 bits per heavy atom. The van der Waals surface area contributed by atoms with Crippen molar-refractivity contribution in [3.63, 3.8) is 0 Å². The number of halogens is 3. The molecule has 1 aromatic heterocycles. The normalized spacial score (nSPS) is 10.6. The van der Waals surface area contributed by atoms with Gasteiger partial charge in [0.1, 0.15) is 15.9 Å². The van der Waals surface area contributed by atoms with E-state index in [4.69, 9.17) is 10.2 Å². The fourth-order valence-corrected chi connectivity index (χ4v) is 1.39. The molecule has 14 heavy (non-hydrogen) atoms. The van der Waals surface area contributed by atoms with Gasteiger partial charge in [0.15, 0.2) is 0 Å². The average Bonchev–Trinajstić information content (AvgIpc) is 2.07. The van der Waals surface area contributed by atoms with Gasteiger partial charge in [-0.05, 0) is 15.9 Å². The smallest absolute Gasteiger partial charge is 0.340 e. The van der Waals surface area contributed by atoms with Crippen LogP contribution in [0.15, 0.2) is 10.8 Å². The molecule has 0 unspecified atom stereocenters. The van der Waals surface area contributed by atoms with Gasteiger partial charge in [0.2, 0.25) is 0 Å². The number of nitrogens with zero attached hydrogens (tertiary/aromatic N) is 1. The van der Waals surface area contributed by atoms with Crippen LogP contribution in [0.4, 0.5) is 8.78 Å². The van der Waals surface area contributed by atoms with Crippen molar-refractivity contribution in [2.45, 2.75) is 6.43 Å². The molecule has 0 aliphatic heterocycles. The summed E-state index contributed by atoms with van der Waals surface area (Å²) in [6, 6.07) is 0. The SMILES string of the molecule is O=C(O)c1c(O)cnc(Br)c1C(F)F. The minimum atomic E-state index is -3.02. The second-order valence-corrected chi connectivity index (χ2v) is 3.08. The number of rotatable bonds is 2. The molecule has 0 saturated heterocycles. The lowest BCUT2D eigenvalue weighted by molar-refractivity contribution is 0.0680. The summed E-state index contributed by atoms with van der Waals surface area (Å²) in [6.45, 7) is 0. The summed E-state index contributed by atoms with van der Waals surface area (Å²) < 4.78 is 24.5. The molecule has 0 amide bonds. The molecule has 1 aromatic rings. The summed E-state index contributed by atoms with van der Waals surface area (Å²) in [5, 5.41) is 17.6. The Hall–Kier alpha value is -1.24. The highest BCUT2D eigenvalue weighted by Crippen LogP contribution is 2.33. The predicted molar refractivity (Wildman–Crippen MR) is 45.5 cm³/mol. The predicted octanol–water partition coefficient (Wildman–Crippen LogP) is 2.19. The summed E-state index contributed by atoms with van der Waals surface area (Å²) in [5.41, 5.74) is -1.65. The standard InChI is InChI=1S/C7H4BrF2NO3/c8-5-4(6(9)10)3(7(13)14)2(12)1-11-5/h1,6,12H,(H,13,14). The van der Waals surface area contributed by atoms with Gasteiger partial charge in [-0.15, -0.1) is 0 Å².